The van der Waals surface area contributed by atoms with Crippen molar-refractivity contribution in [2.45, 2.75) is 52.2 Å². The molecule has 1 aromatic carbocycles. The summed E-state index contributed by atoms with van der Waals surface area (Å²) < 4.78 is 0. The molecule has 2 atom stereocenters. The summed E-state index contributed by atoms with van der Waals surface area (Å²) in [7, 11) is 0. The van der Waals surface area contributed by atoms with Gasteiger partial charge in [0, 0.05) is 25.2 Å². The van der Waals surface area contributed by atoms with Crippen LogP contribution >= 0.6 is 0 Å². The van der Waals surface area contributed by atoms with Crippen LogP contribution in [0, 0.1) is 5.92 Å². The van der Waals surface area contributed by atoms with Gasteiger partial charge in [0.15, 0.2) is 0 Å². The van der Waals surface area contributed by atoms with E-state index in [1.807, 2.05) is 0 Å². The Morgan fingerprint density at radius 1 is 1.26 bits per heavy atom. The summed E-state index contributed by atoms with van der Waals surface area (Å²) in [5.74, 6) is 0.774. The maximum Gasteiger partial charge on any atom is 0.0208 e. The largest absolute Gasteiger partial charge is 0.310 e. The average Bonchev–Trinajstić information content (AvgIpc) is 2.40. The molecule has 0 aromatic heterocycles. The van der Waals surface area contributed by atoms with Gasteiger partial charge in [0.25, 0.3) is 0 Å². The molecule has 0 bridgehead atoms. The van der Waals surface area contributed by atoms with Gasteiger partial charge in [-0.25, -0.2) is 0 Å². The summed E-state index contributed by atoms with van der Waals surface area (Å²) in [6.45, 7) is 10.5. The minimum Gasteiger partial charge on any atom is -0.310 e. The fraction of sp³-hybridized carbons (Fsp3) is 0.647. The van der Waals surface area contributed by atoms with E-state index in [0.29, 0.717) is 12.1 Å². The van der Waals surface area contributed by atoms with E-state index in [2.05, 4.69) is 61.3 Å². The number of benzene rings is 1. The Labute approximate surface area is 118 Å². The van der Waals surface area contributed by atoms with Gasteiger partial charge in [0.2, 0.25) is 0 Å². The van der Waals surface area contributed by atoms with E-state index < -0.39 is 0 Å². The van der Waals surface area contributed by atoms with Crippen molar-refractivity contribution in [2.75, 3.05) is 13.1 Å². The summed E-state index contributed by atoms with van der Waals surface area (Å²) >= 11 is 0. The molecule has 1 aromatic rings. The summed E-state index contributed by atoms with van der Waals surface area (Å²) in [6, 6.07) is 12.1. The maximum atomic E-state index is 3.72. The summed E-state index contributed by atoms with van der Waals surface area (Å²) in [4.78, 5) is 2.64. The molecule has 2 unspecified atom stereocenters. The first kappa shape index (κ1) is 14.5. The Morgan fingerprint density at radius 3 is 2.63 bits per heavy atom. The van der Waals surface area contributed by atoms with Crippen molar-refractivity contribution in [3.8, 4) is 0 Å². The third kappa shape index (κ3) is 4.63. The van der Waals surface area contributed by atoms with Crippen LogP contribution in [0.2, 0.25) is 0 Å². The molecule has 1 fully saturated rings. The van der Waals surface area contributed by atoms with Gasteiger partial charge in [0.1, 0.15) is 0 Å². The second-order valence-corrected chi connectivity index (χ2v) is 6.33. The van der Waals surface area contributed by atoms with Crippen molar-refractivity contribution in [1.29, 1.82) is 0 Å². The van der Waals surface area contributed by atoms with Crippen LogP contribution in [0.15, 0.2) is 30.3 Å². The molecule has 0 amide bonds. The first-order chi connectivity index (χ1) is 9.15. The molecule has 2 nitrogen and oxygen atoms in total. The third-order valence-corrected chi connectivity index (χ3v) is 4.05. The molecule has 106 valence electrons. The number of nitrogens with zero attached hydrogens (tertiary/aromatic N) is 1. The standard InChI is InChI=1S/C17H28N2/c1-14(2)13-19-10-9-17(11-15(19)3)18-12-16-7-5-4-6-8-16/h4-8,14-15,17-18H,9-13H2,1-3H3. The zero-order valence-corrected chi connectivity index (χ0v) is 12.6. The number of likely N-dealkylation sites (tertiary alicyclic amines) is 1. The predicted octanol–water partition coefficient (Wildman–Crippen LogP) is 3.29. The number of nitrogens with one attached hydrogen (secondary N) is 1. The molecule has 1 N–H and O–H groups in total. The van der Waals surface area contributed by atoms with Crippen LogP contribution in [-0.4, -0.2) is 30.1 Å². The smallest absolute Gasteiger partial charge is 0.0208 e. The molecule has 2 rings (SSSR count). The Morgan fingerprint density at radius 2 is 2.00 bits per heavy atom. The minimum atomic E-state index is 0.679. The lowest BCUT2D eigenvalue weighted by Crippen LogP contribution is -2.48. The highest BCUT2D eigenvalue weighted by Gasteiger charge is 2.25. The number of piperidine rings is 1. The van der Waals surface area contributed by atoms with E-state index >= 15 is 0 Å². The van der Waals surface area contributed by atoms with Crippen molar-refractivity contribution < 1.29 is 0 Å². The fourth-order valence-electron chi connectivity index (χ4n) is 3.00. The molecule has 0 radical (unpaired) electrons. The molecule has 2 heteroatoms. The summed E-state index contributed by atoms with van der Waals surface area (Å²) in [5.41, 5.74) is 1.39. The van der Waals surface area contributed by atoms with Crippen LogP contribution < -0.4 is 5.32 Å². The van der Waals surface area contributed by atoms with Gasteiger partial charge in [-0.05, 0) is 37.8 Å². The quantitative estimate of drug-likeness (QED) is 0.874. The Hall–Kier alpha value is -0.860. The second-order valence-electron chi connectivity index (χ2n) is 6.33. The highest BCUT2D eigenvalue weighted by molar-refractivity contribution is 5.14. The first-order valence-corrected chi connectivity index (χ1v) is 7.66. The van der Waals surface area contributed by atoms with Gasteiger partial charge in [0.05, 0.1) is 0 Å². The summed E-state index contributed by atoms with van der Waals surface area (Å²) in [6.07, 6.45) is 2.56. The van der Waals surface area contributed by atoms with E-state index in [1.165, 1.54) is 31.5 Å². The van der Waals surface area contributed by atoms with Crippen LogP contribution in [0.1, 0.15) is 39.2 Å². The maximum absolute atomic E-state index is 3.72. The molecule has 0 spiro atoms. The first-order valence-electron chi connectivity index (χ1n) is 7.66. The molecular formula is C17H28N2. The van der Waals surface area contributed by atoms with Crippen molar-refractivity contribution in [1.82, 2.24) is 10.2 Å². The molecule has 0 saturated carbocycles. The lowest BCUT2D eigenvalue weighted by Gasteiger charge is -2.39. The zero-order chi connectivity index (χ0) is 13.7. The van der Waals surface area contributed by atoms with Crippen LogP contribution in [0.3, 0.4) is 0 Å². The van der Waals surface area contributed by atoms with E-state index in [0.717, 1.165) is 12.5 Å². The van der Waals surface area contributed by atoms with E-state index in [9.17, 15) is 0 Å². The molecule has 19 heavy (non-hydrogen) atoms. The van der Waals surface area contributed by atoms with Crippen LogP contribution in [0.25, 0.3) is 0 Å². The highest BCUT2D eigenvalue weighted by Crippen LogP contribution is 2.19. The van der Waals surface area contributed by atoms with Gasteiger partial charge in [-0.1, -0.05) is 44.2 Å². The van der Waals surface area contributed by atoms with Gasteiger partial charge in [-0.2, -0.15) is 0 Å². The molecular weight excluding hydrogens is 232 g/mol. The van der Waals surface area contributed by atoms with Crippen LogP contribution in [-0.2, 0) is 6.54 Å². The van der Waals surface area contributed by atoms with Crippen molar-refractivity contribution in [3.63, 3.8) is 0 Å². The number of rotatable bonds is 5. The predicted molar refractivity (Wildman–Crippen MR) is 82.2 cm³/mol. The van der Waals surface area contributed by atoms with Crippen LogP contribution in [0.4, 0.5) is 0 Å². The van der Waals surface area contributed by atoms with Gasteiger partial charge in [-0.15, -0.1) is 0 Å². The third-order valence-electron chi connectivity index (χ3n) is 4.05. The Bertz CT molecular complexity index is 361. The van der Waals surface area contributed by atoms with E-state index in [4.69, 9.17) is 0 Å². The monoisotopic (exact) mass is 260 g/mol. The van der Waals surface area contributed by atoms with Gasteiger partial charge >= 0.3 is 0 Å². The molecule has 1 aliphatic heterocycles. The number of hydrogen-bond acceptors (Lipinski definition) is 2. The Kier molecular flexibility index (Phi) is 5.41. The SMILES string of the molecule is CC(C)CN1CCC(NCc2ccccc2)CC1C. The normalized spacial score (nSPS) is 24.8. The van der Waals surface area contributed by atoms with Crippen molar-refractivity contribution in [3.05, 3.63) is 35.9 Å². The molecule has 0 aliphatic carbocycles. The number of hydrogen-bond donors (Lipinski definition) is 1. The highest BCUT2D eigenvalue weighted by atomic mass is 15.2. The lowest BCUT2D eigenvalue weighted by molar-refractivity contribution is 0.121. The molecule has 1 saturated heterocycles. The second kappa shape index (κ2) is 7.06. The van der Waals surface area contributed by atoms with Gasteiger partial charge in [-0.3, -0.25) is 0 Å². The molecule has 1 aliphatic rings. The van der Waals surface area contributed by atoms with Crippen LogP contribution in [0.5, 0.6) is 0 Å². The lowest BCUT2D eigenvalue weighted by atomic mass is 9.97. The van der Waals surface area contributed by atoms with E-state index in [1.54, 1.807) is 0 Å². The minimum absolute atomic E-state index is 0.679. The van der Waals surface area contributed by atoms with Gasteiger partial charge < -0.3 is 10.2 Å². The zero-order valence-electron chi connectivity index (χ0n) is 12.6. The average molecular weight is 260 g/mol. The van der Waals surface area contributed by atoms with E-state index in [-0.39, 0.29) is 0 Å². The topological polar surface area (TPSA) is 15.3 Å². The Balaban J connectivity index is 1.76. The molecule has 1 heterocycles. The van der Waals surface area contributed by atoms with Crippen molar-refractivity contribution in [2.24, 2.45) is 5.92 Å². The summed E-state index contributed by atoms with van der Waals surface area (Å²) in [5, 5.41) is 3.72. The van der Waals surface area contributed by atoms with Crippen molar-refractivity contribution >= 4 is 0 Å². The fourth-order valence-corrected chi connectivity index (χ4v) is 3.00.